The maximum Gasteiger partial charge on any atom is 0.255 e. The lowest BCUT2D eigenvalue weighted by molar-refractivity contribution is 0.0718. The highest BCUT2D eigenvalue weighted by Crippen LogP contribution is 2.16. The number of rotatable bonds is 2. The quantitative estimate of drug-likeness (QED) is 0.903. The summed E-state index contributed by atoms with van der Waals surface area (Å²) in [7, 11) is 0. The zero-order valence-corrected chi connectivity index (χ0v) is 15.1. The molecular weight excluding hydrogens is 328 g/mol. The van der Waals surface area contributed by atoms with Crippen LogP contribution in [0.5, 0.6) is 0 Å². The summed E-state index contributed by atoms with van der Waals surface area (Å²) in [6.07, 6.45) is 0.734. The topological polar surface area (TPSA) is 80.2 Å². The van der Waals surface area contributed by atoms with Gasteiger partial charge in [-0.15, -0.1) is 0 Å². The van der Waals surface area contributed by atoms with Gasteiger partial charge in [0.1, 0.15) is 0 Å². The zero-order valence-electron chi connectivity index (χ0n) is 15.1. The number of hydrogen-bond acceptors (Lipinski definition) is 3. The molecule has 1 aliphatic heterocycles. The predicted octanol–water partition coefficient (Wildman–Crippen LogP) is 2.49. The van der Waals surface area contributed by atoms with Crippen molar-refractivity contribution in [2.75, 3.05) is 26.2 Å². The van der Waals surface area contributed by atoms with Gasteiger partial charge in [-0.05, 0) is 44.5 Å². The Morgan fingerprint density at radius 3 is 2.35 bits per heavy atom. The van der Waals surface area contributed by atoms with Crippen molar-refractivity contribution in [3.05, 3.63) is 58.4 Å². The van der Waals surface area contributed by atoms with Gasteiger partial charge in [0.15, 0.2) is 0 Å². The maximum atomic E-state index is 12.8. The average Bonchev–Trinajstić information content (AvgIpc) is 2.85. The minimum Gasteiger partial charge on any atom is -0.362 e. The molecule has 6 nitrogen and oxygen atoms in total. The Balaban J connectivity index is 1.70. The Hall–Kier alpha value is -3.07. The van der Waals surface area contributed by atoms with E-state index in [0.29, 0.717) is 42.9 Å². The van der Waals surface area contributed by atoms with Crippen LogP contribution < -0.4 is 0 Å². The summed E-state index contributed by atoms with van der Waals surface area (Å²) in [6, 6.07) is 10.7. The molecule has 1 saturated heterocycles. The average molecular weight is 350 g/mol. The van der Waals surface area contributed by atoms with E-state index in [4.69, 9.17) is 5.26 Å². The highest BCUT2D eigenvalue weighted by molar-refractivity contribution is 5.96. The van der Waals surface area contributed by atoms with Crippen molar-refractivity contribution in [2.24, 2.45) is 0 Å². The number of aromatic nitrogens is 1. The van der Waals surface area contributed by atoms with E-state index in [2.05, 4.69) is 11.1 Å². The van der Waals surface area contributed by atoms with Crippen molar-refractivity contribution >= 4 is 11.8 Å². The molecule has 0 bridgehead atoms. The van der Waals surface area contributed by atoms with Crippen LogP contribution in [0.15, 0.2) is 30.3 Å². The molecule has 0 spiro atoms. The van der Waals surface area contributed by atoms with Crippen LogP contribution >= 0.6 is 0 Å². The van der Waals surface area contributed by atoms with Crippen LogP contribution in [-0.2, 0) is 0 Å². The van der Waals surface area contributed by atoms with E-state index in [-0.39, 0.29) is 11.8 Å². The van der Waals surface area contributed by atoms with Crippen LogP contribution in [0.4, 0.5) is 0 Å². The molecule has 3 rings (SSSR count). The van der Waals surface area contributed by atoms with Crippen molar-refractivity contribution in [3.63, 3.8) is 0 Å². The molecule has 1 aliphatic rings. The smallest absolute Gasteiger partial charge is 0.255 e. The molecule has 0 unspecified atom stereocenters. The summed E-state index contributed by atoms with van der Waals surface area (Å²) in [4.78, 5) is 32.3. The molecule has 1 N–H and O–H groups in total. The van der Waals surface area contributed by atoms with E-state index in [0.717, 1.165) is 17.8 Å². The van der Waals surface area contributed by atoms with Crippen LogP contribution in [-0.4, -0.2) is 52.8 Å². The number of H-pyrrole nitrogens is 1. The second-order valence-electron chi connectivity index (χ2n) is 6.62. The Morgan fingerprint density at radius 2 is 1.73 bits per heavy atom. The number of carbonyl (C=O) groups is 2. The molecule has 134 valence electrons. The first-order valence-electron chi connectivity index (χ1n) is 8.74. The van der Waals surface area contributed by atoms with Gasteiger partial charge in [0, 0.05) is 43.1 Å². The van der Waals surface area contributed by atoms with Crippen molar-refractivity contribution in [1.29, 1.82) is 5.26 Å². The lowest BCUT2D eigenvalue weighted by Gasteiger charge is -2.22. The van der Waals surface area contributed by atoms with Gasteiger partial charge in [-0.3, -0.25) is 9.59 Å². The fourth-order valence-corrected chi connectivity index (χ4v) is 3.34. The number of nitrogens with zero attached hydrogens (tertiary/aromatic N) is 3. The molecule has 0 saturated carbocycles. The third-order valence-corrected chi connectivity index (χ3v) is 4.69. The van der Waals surface area contributed by atoms with E-state index < -0.39 is 0 Å². The minimum absolute atomic E-state index is 0.00706. The Bertz CT molecular complexity index is 878. The predicted molar refractivity (Wildman–Crippen MR) is 97.8 cm³/mol. The van der Waals surface area contributed by atoms with Gasteiger partial charge < -0.3 is 14.8 Å². The van der Waals surface area contributed by atoms with Gasteiger partial charge >= 0.3 is 0 Å². The normalized spacial score (nSPS) is 14.7. The standard InChI is InChI=1S/C20H22N4O2/c1-14-11-18(15(2)22-14)20(26)24-8-4-7-23(9-10-24)19(25)17-6-3-5-16(12-17)13-21/h3,5-6,11-12,22H,4,7-10H2,1-2H3. The number of aryl methyl sites for hydroxylation is 2. The number of hydrogen-bond donors (Lipinski definition) is 1. The molecule has 26 heavy (non-hydrogen) atoms. The number of nitrogens with one attached hydrogen (secondary N) is 1. The second-order valence-corrected chi connectivity index (χ2v) is 6.62. The summed E-state index contributed by atoms with van der Waals surface area (Å²) in [5.41, 5.74) is 3.53. The molecule has 0 radical (unpaired) electrons. The molecule has 6 heteroatoms. The lowest BCUT2D eigenvalue weighted by atomic mass is 10.1. The molecule has 0 atom stereocenters. The van der Waals surface area contributed by atoms with Crippen molar-refractivity contribution in [2.45, 2.75) is 20.3 Å². The molecule has 1 aromatic heterocycles. The highest BCUT2D eigenvalue weighted by atomic mass is 16.2. The molecular formula is C20H22N4O2. The number of amides is 2. The van der Waals surface area contributed by atoms with Crippen LogP contribution in [0.1, 0.15) is 44.1 Å². The third-order valence-electron chi connectivity index (χ3n) is 4.69. The number of carbonyl (C=O) groups excluding carboxylic acids is 2. The van der Waals surface area contributed by atoms with Gasteiger partial charge in [-0.1, -0.05) is 6.07 Å². The monoisotopic (exact) mass is 350 g/mol. The van der Waals surface area contributed by atoms with E-state index in [1.165, 1.54) is 0 Å². The molecule has 0 aliphatic carbocycles. The van der Waals surface area contributed by atoms with Crippen LogP contribution in [0.3, 0.4) is 0 Å². The van der Waals surface area contributed by atoms with Crippen molar-refractivity contribution in [3.8, 4) is 6.07 Å². The number of nitriles is 1. The van der Waals surface area contributed by atoms with Crippen molar-refractivity contribution < 1.29 is 9.59 Å². The van der Waals surface area contributed by atoms with Crippen LogP contribution in [0, 0.1) is 25.2 Å². The summed E-state index contributed by atoms with van der Waals surface area (Å²) >= 11 is 0. The van der Waals surface area contributed by atoms with E-state index in [1.54, 1.807) is 29.2 Å². The van der Waals surface area contributed by atoms with E-state index in [9.17, 15) is 9.59 Å². The highest BCUT2D eigenvalue weighted by Gasteiger charge is 2.25. The summed E-state index contributed by atoms with van der Waals surface area (Å²) in [5, 5.41) is 9.01. The molecule has 1 fully saturated rings. The van der Waals surface area contributed by atoms with E-state index in [1.807, 2.05) is 24.8 Å². The maximum absolute atomic E-state index is 12.8. The minimum atomic E-state index is -0.0925. The fourth-order valence-electron chi connectivity index (χ4n) is 3.34. The largest absolute Gasteiger partial charge is 0.362 e. The summed E-state index contributed by atoms with van der Waals surface area (Å²) in [6.45, 7) is 6.06. The van der Waals surface area contributed by atoms with E-state index >= 15 is 0 Å². The van der Waals surface area contributed by atoms with Crippen LogP contribution in [0.25, 0.3) is 0 Å². The Morgan fingerprint density at radius 1 is 1.04 bits per heavy atom. The second kappa shape index (κ2) is 7.44. The van der Waals surface area contributed by atoms with Gasteiger partial charge in [-0.25, -0.2) is 0 Å². The SMILES string of the molecule is Cc1cc(C(=O)N2CCCN(C(=O)c3cccc(C#N)c3)CC2)c(C)[nH]1. The number of benzene rings is 1. The fraction of sp³-hybridized carbons (Fsp3) is 0.350. The number of aromatic amines is 1. The van der Waals surface area contributed by atoms with Gasteiger partial charge in [0.05, 0.1) is 17.2 Å². The Labute approximate surface area is 153 Å². The lowest BCUT2D eigenvalue weighted by Crippen LogP contribution is -2.37. The van der Waals surface area contributed by atoms with Crippen LogP contribution in [0.2, 0.25) is 0 Å². The summed E-state index contributed by atoms with van der Waals surface area (Å²) < 4.78 is 0. The van der Waals surface area contributed by atoms with Gasteiger partial charge in [-0.2, -0.15) is 5.26 Å². The first kappa shape index (κ1) is 17.7. The first-order valence-corrected chi connectivity index (χ1v) is 8.74. The molecule has 2 amide bonds. The first-order chi connectivity index (χ1) is 12.5. The summed E-state index contributed by atoms with van der Waals surface area (Å²) in [5.74, 6) is -0.0855. The molecule has 2 aromatic rings. The Kier molecular flexibility index (Phi) is 5.08. The zero-order chi connectivity index (χ0) is 18.7. The third kappa shape index (κ3) is 3.62. The molecule has 2 heterocycles. The van der Waals surface area contributed by atoms with Gasteiger partial charge in [0.2, 0.25) is 0 Å². The molecule has 1 aromatic carbocycles. The van der Waals surface area contributed by atoms with Crippen molar-refractivity contribution in [1.82, 2.24) is 14.8 Å². The van der Waals surface area contributed by atoms with Gasteiger partial charge in [0.25, 0.3) is 11.8 Å².